The maximum absolute atomic E-state index is 12.3. The van der Waals surface area contributed by atoms with Gasteiger partial charge in [-0.15, -0.1) is 5.10 Å². The summed E-state index contributed by atoms with van der Waals surface area (Å²) in [5.74, 6) is 2.40. The van der Waals surface area contributed by atoms with E-state index in [-0.39, 0.29) is 5.91 Å². The molecule has 0 fully saturated rings. The molecule has 2 aromatic rings. The first kappa shape index (κ1) is 18.9. The number of carbonyl (C=O) groups is 1. The topological polar surface area (TPSA) is 78.8 Å². The number of nitrogens with zero attached hydrogens (tertiary/aromatic N) is 2. The van der Waals surface area contributed by atoms with E-state index in [2.05, 4.69) is 5.10 Å². The van der Waals surface area contributed by atoms with Gasteiger partial charge in [0.2, 0.25) is 23.8 Å². The summed E-state index contributed by atoms with van der Waals surface area (Å²) >= 11 is 0. The van der Waals surface area contributed by atoms with Crippen molar-refractivity contribution in [2.24, 2.45) is 5.10 Å². The van der Waals surface area contributed by atoms with Crippen LogP contribution in [-0.4, -0.2) is 44.8 Å². The quantitative estimate of drug-likeness (QED) is 0.771. The van der Waals surface area contributed by atoms with Crippen molar-refractivity contribution < 1.29 is 28.5 Å². The maximum atomic E-state index is 12.3. The van der Waals surface area contributed by atoms with Crippen molar-refractivity contribution in [3.63, 3.8) is 0 Å². The molecule has 1 unspecified atom stereocenters. The molecule has 0 bridgehead atoms. The Kier molecular flexibility index (Phi) is 4.92. The fourth-order valence-corrected chi connectivity index (χ4v) is 3.46. The van der Waals surface area contributed by atoms with Gasteiger partial charge in [-0.05, 0) is 35.9 Å². The highest BCUT2D eigenvalue weighted by Crippen LogP contribution is 2.42. The molecule has 29 heavy (non-hydrogen) atoms. The highest BCUT2D eigenvalue weighted by Gasteiger charge is 2.35. The molecule has 8 heteroatoms. The fourth-order valence-electron chi connectivity index (χ4n) is 3.46. The van der Waals surface area contributed by atoms with Crippen LogP contribution < -0.4 is 18.9 Å². The van der Waals surface area contributed by atoms with Gasteiger partial charge in [-0.25, -0.2) is 0 Å². The molecule has 0 aromatic heterocycles. The number of amides is 1. The van der Waals surface area contributed by atoms with Crippen LogP contribution in [0.5, 0.6) is 23.0 Å². The average molecular weight is 398 g/mol. The Morgan fingerprint density at radius 1 is 1.10 bits per heavy atom. The van der Waals surface area contributed by atoms with E-state index < -0.39 is 6.23 Å². The smallest absolute Gasteiger partial charge is 0.243 e. The first-order valence-corrected chi connectivity index (χ1v) is 9.16. The van der Waals surface area contributed by atoms with E-state index in [0.717, 1.165) is 23.3 Å². The van der Waals surface area contributed by atoms with Gasteiger partial charge in [0.1, 0.15) is 5.75 Å². The monoisotopic (exact) mass is 398 g/mol. The predicted octanol–water partition coefficient (Wildman–Crippen LogP) is 2.89. The molecule has 2 aliphatic rings. The molecule has 0 spiro atoms. The first-order valence-electron chi connectivity index (χ1n) is 9.16. The zero-order chi connectivity index (χ0) is 20.5. The molecular weight excluding hydrogens is 376 g/mol. The first-order chi connectivity index (χ1) is 14.0. The summed E-state index contributed by atoms with van der Waals surface area (Å²) in [5, 5.41) is 5.72. The molecule has 0 saturated heterocycles. The molecule has 2 heterocycles. The Morgan fingerprint density at radius 2 is 1.83 bits per heavy atom. The molecule has 1 atom stereocenters. The van der Waals surface area contributed by atoms with E-state index in [0.29, 0.717) is 35.3 Å². The Hall–Kier alpha value is -3.42. The van der Waals surface area contributed by atoms with Gasteiger partial charge in [-0.2, -0.15) is 5.01 Å². The van der Waals surface area contributed by atoms with Crippen molar-refractivity contribution in [2.75, 3.05) is 27.9 Å². The molecule has 0 N–H and O–H groups in total. The molecule has 152 valence electrons. The van der Waals surface area contributed by atoms with E-state index in [9.17, 15) is 4.79 Å². The van der Waals surface area contributed by atoms with Crippen molar-refractivity contribution in [3.8, 4) is 23.0 Å². The summed E-state index contributed by atoms with van der Waals surface area (Å²) in [7, 11) is 4.61. The van der Waals surface area contributed by atoms with Crippen LogP contribution in [0.3, 0.4) is 0 Å². The average Bonchev–Trinajstić information content (AvgIpc) is 3.39. The highest BCUT2D eigenvalue weighted by molar-refractivity contribution is 5.96. The molecule has 0 radical (unpaired) electrons. The number of methoxy groups -OCH3 is 3. The largest absolute Gasteiger partial charge is 0.493 e. The normalized spacial score (nSPS) is 17.2. The van der Waals surface area contributed by atoms with Crippen LogP contribution in [0.15, 0.2) is 35.4 Å². The van der Waals surface area contributed by atoms with Crippen LogP contribution in [0.25, 0.3) is 0 Å². The van der Waals surface area contributed by atoms with Gasteiger partial charge in [0.05, 0.1) is 27.9 Å². The van der Waals surface area contributed by atoms with Gasteiger partial charge in [0.15, 0.2) is 11.5 Å². The Labute approximate surface area is 168 Å². The van der Waals surface area contributed by atoms with Gasteiger partial charge in [0.25, 0.3) is 0 Å². The third kappa shape index (κ3) is 3.30. The summed E-state index contributed by atoms with van der Waals surface area (Å²) < 4.78 is 27.9. The van der Waals surface area contributed by atoms with Crippen LogP contribution in [0, 0.1) is 0 Å². The van der Waals surface area contributed by atoms with Gasteiger partial charge < -0.3 is 23.7 Å². The number of benzene rings is 2. The molecule has 0 saturated carbocycles. The summed E-state index contributed by atoms with van der Waals surface area (Å²) in [6.07, 6.45) is 0.0871. The van der Waals surface area contributed by atoms with E-state index in [4.69, 9.17) is 23.7 Å². The third-order valence-corrected chi connectivity index (χ3v) is 4.88. The Balaban J connectivity index is 1.71. The third-order valence-electron chi connectivity index (χ3n) is 4.88. The zero-order valence-corrected chi connectivity index (χ0v) is 16.7. The standard InChI is InChI=1S/C21H22N2O6/c1-12(24)23-21(15-10-17(25-2)19(27-4)18(11-15)26-3)29-20(22-23)14-5-6-16-13(9-14)7-8-28-16/h5-6,9-11,21H,7-8H2,1-4H3. The summed E-state index contributed by atoms with van der Waals surface area (Å²) in [6.45, 7) is 2.11. The van der Waals surface area contributed by atoms with Gasteiger partial charge in [-0.1, -0.05) is 0 Å². The van der Waals surface area contributed by atoms with E-state index >= 15 is 0 Å². The fraction of sp³-hybridized carbons (Fsp3) is 0.333. The van der Waals surface area contributed by atoms with Crippen LogP contribution >= 0.6 is 0 Å². The van der Waals surface area contributed by atoms with Crippen molar-refractivity contribution >= 4 is 11.8 Å². The lowest BCUT2D eigenvalue weighted by Gasteiger charge is -2.21. The van der Waals surface area contributed by atoms with Crippen molar-refractivity contribution in [3.05, 3.63) is 47.0 Å². The van der Waals surface area contributed by atoms with E-state index in [1.54, 1.807) is 12.1 Å². The van der Waals surface area contributed by atoms with Crippen molar-refractivity contribution in [2.45, 2.75) is 19.6 Å². The lowest BCUT2D eigenvalue weighted by atomic mass is 10.1. The van der Waals surface area contributed by atoms with Gasteiger partial charge in [-0.3, -0.25) is 4.79 Å². The zero-order valence-electron chi connectivity index (χ0n) is 16.7. The number of rotatable bonds is 5. The number of hydrogen-bond donors (Lipinski definition) is 0. The SMILES string of the molecule is COc1cc(C2OC(c3ccc4c(c3)CCO4)=NN2C(C)=O)cc(OC)c1OC. The van der Waals surface area contributed by atoms with Crippen molar-refractivity contribution in [1.82, 2.24) is 5.01 Å². The number of carbonyl (C=O) groups excluding carboxylic acids is 1. The minimum Gasteiger partial charge on any atom is -0.493 e. The van der Waals surface area contributed by atoms with Crippen LogP contribution in [0.4, 0.5) is 0 Å². The predicted molar refractivity (Wildman–Crippen MR) is 105 cm³/mol. The summed E-state index contributed by atoms with van der Waals surface area (Å²) in [5.41, 5.74) is 2.53. The Bertz CT molecular complexity index is 962. The molecular formula is C21H22N2O6. The minimum atomic E-state index is -0.749. The number of hydrogen-bond acceptors (Lipinski definition) is 7. The van der Waals surface area contributed by atoms with Gasteiger partial charge >= 0.3 is 0 Å². The number of hydrazone groups is 1. The Morgan fingerprint density at radius 3 is 2.45 bits per heavy atom. The number of fused-ring (bicyclic) bond motifs is 1. The molecule has 4 rings (SSSR count). The summed E-state index contributed by atoms with van der Waals surface area (Å²) in [4.78, 5) is 12.3. The molecule has 2 aromatic carbocycles. The van der Waals surface area contributed by atoms with E-state index in [1.807, 2.05) is 18.2 Å². The lowest BCUT2D eigenvalue weighted by Crippen LogP contribution is -2.25. The van der Waals surface area contributed by atoms with E-state index in [1.165, 1.54) is 33.3 Å². The molecule has 1 amide bonds. The second-order valence-corrected chi connectivity index (χ2v) is 6.62. The molecule has 2 aliphatic heterocycles. The van der Waals surface area contributed by atoms with Crippen LogP contribution in [0.2, 0.25) is 0 Å². The number of ether oxygens (including phenoxy) is 5. The highest BCUT2D eigenvalue weighted by atomic mass is 16.5. The van der Waals surface area contributed by atoms with Gasteiger partial charge in [0, 0.05) is 24.5 Å². The summed E-state index contributed by atoms with van der Waals surface area (Å²) in [6, 6.07) is 9.25. The van der Waals surface area contributed by atoms with Crippen molar-refractivity contribution in [1.29, 1.82) is 0 Å². The minimum absolute atomic E-state index is 0.247. The molecule has 8 nitrogen and oxygen atoms in total. The second kappa shape index (κ2) is 7.54. The maximum Gasteiger partial charge on any atom is 0.243 e. The van der Waals surface area contributed by atoms with Crippen LogP contribution in [-0.2, 0) is 16.0 Å². The lowest BCUT2D eigenvalue weighted by molar-refractivity contribution is -0.135. The molecule has 0 aliphatic carbocycles. The second-order valence-electron chi connectivity index (χ2n) is 6.62. The van der Waals surface area contributed by atoms with Crippen LogP contribution in [0.1, 0.15) is 29.8 Å².